The van der Waals surface area contributed by atoms with Gasteiger partial charge in [-0.2, -0.15) is 5.10 Å². The third-order valence-electron chi connectivity index (χ3n) is 4.85. The summed E-state index contributed by atoms with van der Waals surface area (Å²) in [6, 6.07) is 12.9. The molecule has 8 heteroatoms. The molecule has 6 nitrogen and oxygen atoms in total. The lowest BCUT2D eigenvalue weighted by Crippen LogP contribution is -2.32. The largest absolute Gasteiger partial charge is 0.329 e. The van der Waals surface area contributed by atoms with E-state index in [0.717, 1.165) is 33.8 Å². The summed E-state index contributed by atoms with van der Waals surface area (Å²) in [6.45, 7) is 7.64. The van der Waals surface area contributed by atoms with E-state index in [2.05, 4.69) is 15.8 Å². The molecule has 160 valence electrons. The lowest BCUT2D eigenvalue weighted by molar-refractivity contribution is -0.136. The Bertz CT molecular complexity index is 1200. The molecule has 3 rings (SSSR count). The quantitative estimate of drug-likeness (QED) is 0.325. The zero-order valence-corrected chi connectivity index (χ0v) is 19.1. The molecular formula is C23H22Cl2N4O2. The number of aryl methyl sites for hydroxylation is 3. The van der Waals surface area contributed by atoms with Crippen molar-refractivity contribution in [2.24, 2.45) is 5.10 Å². The second kappa shape index (κ2) is 9.37. The van der Waals surface area contributed by atoms with Crippen LogP contribution in [0.3, 0.4) is 0 Å². The first-order chi connectivity index (χ1) is 14.7. The molecule has 2 N–H and O–H groups in total. The summed E-state index contributed by atoms with van der Waals surface area (Å²) in [4.78, 5) is 24.3. The van der Waals surface area contributed by atoms with Gasteiger partial charge in [-0.05, 0) is 69.2 Å². The van der Waals surface area contributed by atoms with Gasteiger partial charge in [-0.15, -0.1) is 0 Å². The summed E-state index contributed by atoms with van der Waals surface area (Å²) in [5, 5.41) is 7.49. The van der Waals surface area contributed by atoms with Crippen LogP contribution in [0.4, 0.5) is 5.69 Å². The minimum atomic E-state index is -0.851. The Hall–Kier alpha value is -3.09. The van der Waals surface area contributed by atoms with Crippen LogP contribution in [0.1, 0.15) is 28.1 Å². The van der Waals surface area contributed by atoms with Crippen molar-refractivity contribution >= 4 is 46.9 Å². The smallest absolute Gasteiger partial charge is 0.318 e. The highest BCUT2D eigenvalue weighted by atomic mass is 35.5. The number of hydrogen-bond acceptors (Lipinski definition) is 3. The van der Waals surface area contributed by atoms with Gasteiger partial charge >= 0.3 is 11.8 Å². The summed E-state index contributed by atoms with van der Waals surface area (Å²) in [6.07, 6.45) is 1.50. The monoisotopic (exact) mass is 456 g/mol. The lowest BCUT2D eigenvalue weighted by Gasteiger charge is -2.10. The van der Waals surface area contributed by atoms with E-state index in [1.807, 2.05) is 62.6 Å². The first-order valence-corrected chi connectivity index (χ1v) is 10.3. The third kappa shape index (κ3) is 5.16. The van der Waals surface area contributed by atoms with Crippen molar-refractivity contribution in [3.8, 4) is 5.69 Å². The molecule has 0 fully saturated rings. The van der Waals surface area contributed by atoms with Crippen molar-refractivity contribution in [2.45, 2.75) is 27.7 Å². The van der Waals surface area contributed by atoms with Gasteiger partial charge in [0.1, 0.15) is 0 Å². The summed E-state index contributed by atoms with van der Waals surface area (Å²) in [7, 11) is 0. The van der Waals surface area contributed by atoms with E-state index in [4.69, 9.17) is 23.2 Å². The van der Waals surface area contributed by atoms with Gasteiger partial charge in [0.15, 0.2) is 0 Å². The Morgan fingerprint density at radius 1 is 0.935 bits per heavy atom. The Labute approximate surface area is 190 Å². The van der Waals surface area contributed by atoms with E-state index in [9.17, 15) is 9.59 Å². The van der Waals surface area contributed by atoms with E-state index < -0.39 is 11.8 Å². The summed E-state index contributed by atoms with van der Waals surface area (Å²) in [5.74, 6) is -1.64. The van der Waals surface area contributed by atoms with E-state index in [-0.39, 0.29) is 0 Å². The highest BCUT2D eigenvalue weighted by molar-refractivity contribution is 6.42. The van der Waals surface area contributed by atoms with Crippen LogP contribution < -0.4 is 10.7 Å². The van der Waals surface area contributed by atoms with Crippen LogP contribution in [0.2, 0.25) is 10.0 Å². The molecule has 2 aromatic carbocycles. The molecule has 0 spiro atoms. The standard InChI is InChI=1S/C23H22Cl2N4O2/c1-13-5-6-14(2)21(9-13)27-22(30)23(31)28-26-12-17-10-15(3)29(16(17)4)18-7-8-19(24)20(25)11-18/h5-12H,1-4H3,(H,27,30)(H,28,31)/b26-12-. The molecule has 0 aliphatic heterocycles. The number of hydrogen-bond donors (Lipinski definition) is 2. The molecule has 0 aliphatic rings. The van der Waals surface area contributed by atoms with Crippen LogP contribution in [-0.2, 0) is 9.59 Å². The Kier molecular flexibility index (Phi) is 6.83. The number of hydrazone groups is 1. The predicted octanol–water partition coefficient (Wildman–Crippen LogP) is 5.11. The van der Waals surface area contributed by atoms with Crippen LogP contribution in [0.25, 0.3) is 5.69 Å². The third-order valence-corrected chi connectivity index (χ3v) is 5.59. The van der Waals surface area contributed by atoms with Gasteiger partial charge in [0.2, 0.25) is 0 Å². The van der Waals surface area contributed by atoms with E-state index >= 15 is 0 Å². The van der Waals surface area contributed by atoms with Gasteiger partial charge in [0, 0.05) is 28.3 Å². The minimum Gasteiger partial charge on any atom is -0.318 e. The zero-order valence-electron chi connectivity index (χ0n) is 17.6. The van der Waals surface area contributed by atoms with E-state index in [1.54, 1.807) is 12.1 Å². The SMILES string of the molecule is Cc1ccc(C)c(NC(=O)C(=O)N/N=C\c2cc(C)n(-c3ccc(Cl)c(Cl)c3)c2C)c1. The van der Waals surface area contributed by atoms with Gasteiger partial charge in [-0.1, -0.05) is 35.3 Å². The maximum atomic E-state index is 12.2. The number of halogens is 2. The highest BCUT2D eigenvalue weighted by Crippen LogP contribution is 2.27. The number of carbonyl (C=O) groups excluding carboxylic acids is 2. The second-order valence-electron chi connectivity index (χ2n) is 7.23. The number of rotatable bonds is 4. The van der Waals surface area contributed by atoms with Crippen LogP contribution in [0, 0.1) is 27.7 Å². The fourth-order valence-corrected chi connectivity index (χ4v) is 3.49. The molecule has 0 saturated heterocycles. The van der Waals surface area contributed by atoms with Crippen molar-refractivity contribution in [3.63, 3.8) is 0 Å². The van der Waals surface area contributed by atoms with Crippen LogP contribution in [0.15, 0.2) is 47.6 Å². The van der Waals surface area contributed by atoms with Crippen LogP contribution in [0.5, 0.6) is 0 Å². The summed E-state index contributed by atoms with van der Waals surface area (Å²) >= 11 is 12.2. The van der Waals surface area contributed by atoms with Crippen molar-refractivity contribution in [1.82, 2.24) is 9.99 Å². The van der Waals surface area contributed by atoms with E-state index in [1.165, 1.54) is 6.21 Å². The highest BCUT2D eigenvalue weighted by Gasteiger charge is 2.15. The average Bonchev–Trinajstić information content (AvgIpc) is 3.00. The normalized spacial score (nSPS) is 11.0. The van der Waals surface area contributed by atoms with Crippen molar-refractivity contribution in [1.29, 1.82) is 0 Å². The Morgan fingerprint density at radius 3 is 2.39 bits per heavy atom. The summed E-state index contributed by atoms with van der Waals surface area (Å²) in [5.41, 5.74) is 8.21. The number of benzene rings is 2. The molecule has 3 aromatic rings. The van der Waals surface area contributed by atoms with Gasteiger partial charge in [-0.3, -0.25) is 9.59 Å². The first kappa shape index (κ1) is 22.6. The first-order valence-electron chi connectivity index (χ1n) is 9.53. The van der Waals surface area contributed by atoms with Gasteiger partial charge in [-0.25, -0.2) is 5.43 Å². The molecular weight excluding hydrogens is 435 g/mol. The van der Waals surface area contributed by atoms with Crippen LogP contribution >= 0.6 is 23.2 Å². The van der Waals surface area contributed by atoms with Gasteiger partial charge in [0.05, 0.1) is 16.3 Å². The van der Waals surface area contributed by atoms with E-state index in [0.29, 0.717) is 15.7 Å². The molecule has 0 saturated carbocycles. The number of amides is 2. The topological polar surface area (TPSA) is 75.5 Å². The molecule has 0 bridgehead atoms. The van der Waals surface area contributed by atoms with Crippen molar-refractivity contribution in [2.75, 3.05) is 5.32 Å². The summed E-state index contributed by atoms with van der Waals surface area (Å²) < 4.78 is 2.00. The van der Waals surface area contributed by atoms with Crippen molar-refractivity contribution < 1.29 is 9.59 Å². The molecule has 1 heterocycles. The number of anilines is 1. The molecule has 31 heavy (non-hydrogen) atoms. The number of carbonyl (C=O) groups is 2. The molecule has 0 aliphatic carbocycles. The lowest BCUT2D eigenvalue weighted by atomic mass is 10.1. The van der Waals surface area contributed by atoms with Gasteiger partial charge < -0.3 is 9.88 Å². The fraction of sp³-hybridized carbons (Fsp3) is 0.174. The van der Waals surface area contributed by atoms with Crippen molar-refractivity contribution in [3.05, 3.63) is 80.6 Å². The molecule has 2 amide bonds. The molecule has 0 unspecified atom stereocenters. The number of nitrogens with one attached hydrogen (secondary N) is 2. The number of nitrogens with zero attached hydrogens (tertiary/aromatic N) is 2. The second-order valence-corrected chi connectivity index (χ2v) is 8.05. The Morgan fingerprint density at radius 2 is 1.68 bits per heavy atom. The maximum absolute atomic E-state index is 12.2. The van der Waals surface area contributed by atoms with Gasteiger partial charge in [0.25, 0.3) is 0 Å². The molecule has 0 radical (unpaired) electrons. The molecule has 1 aromatic heterocycles. The Balaban J connectivity index is 1.71. The maximum Gasteiger partial charge on any atom is 0.329 e. The number of aromatic nitrogens is 1. The average molecular weight is 457 g/mol. The molecule has 0 atom stereocenters. The fourth-order valence-electron chi connectivity index (χ4n) is 3.20. The predicted molar refractivity (Wildman–Crippen MR) is 126 cm³/mol. The zero-order chi connectivity index (χ0) is 22.7. The van der Waals surface area contributed by atoms with Crippen LogP contribution in [-0.4, -0.2) is 22.6 Å². The minimum absolute atomic E-state index is 0.462.